The predicted octanol–water partition coefficient (Wildman–Crippen LogP) is 11.6. The van der Waals surface area contributed by atoms with Crippen LogP contribution in [0.4, 0.5) is 0 Å². The van der Waals surface area contributed by atoms with Crippen LogP contribution >= 0.6 is 0 Å². The minimum Gasteiger partial charge on any atom is -0.464 e. The third-order valence-electron chi connectivity index (χ3n) is 8.22. The first-order chi connectivity index (χ1) is 22.5. The third-order valence-corrected chi connectivity index (χ3v) is 8.22. The smallest absolute Gasteiger partial charge is 0.326 e. The minimum atomic E-state index is -0.557. The molecular formula is C41H73NO4. The average Bonchev–Trinajstić information content (AvgIpc) is 3.04. The van der Waals surface area contributed by atoms with E-state index in [2.05, 4.69) is 62.5 Å². The largest absolute Gasteiger partial charge is 0.464 e. The second-order valence-corrected chi connectivity index (χ2v) is 12.9. The highest BCUT2D eigenvalue weighted by atomic mass is 16.6. The van der Waals surface area contributed by atoms with Gasteiger partial charge in [-0.2, -0.15) is 0 Å². The lowest BCUT2D eigenvalue weighted by Crippen LogP contribution is -2.41. The van der Waals surface area contributed by atoms with Crippen LogP contribution in [0.1, 0.15) is 168 Å². The molecule has 0 aliphatic carbocycles. The van der Waals surface area contributed by atoms with E-state index in [-0.39, 0.29) is 18.5 Å². The molecule has 0 saturated carbocycles. The molecule has 0 aliphatic rings. The van der Waals surface area contributed by atoms with Crippen LogP contribution in [0.2, 0.25) is 0 Å². The van der Waals surface area contributed by atoms with Gasteiger partial charge in [0, 0.05) is 6.42 Å². The molecule has 46 heavy (non-hydrogen) atoms. The fourth-order valence-electron chi connectivity index (χ4n) is 5.11. The Morgan fingerprint density at radius 1 is 0.522 bits per heavy atom. The lowest BCUT2D eigenvalue weighted by molar-refractivity contribution is -0.155. The molecule has 0 aromatic carbocycles. The Balaban J connectivity index is 3.74. The summed E-state index contributed by atoms with van der Waals surface area (Å²) in [5.41, 5.74) is 0. The molecule has 0 aromatic rings. The van der Waals surface area contributed by atoms with Crippen LogP contribution in [0.5, 0.6) is 0 Å². The molecule has 266 valence electrons. The number of hydrogen-bond acceptors (Lipinski definition) is 5. The Morgan fingerprint density at radius 2 is 0.935 bits per heavy atom. The lowest BCUT2D eigenvalue weighted by atomic mass is 10.1. The summed E-state index contributed by atoms with van der Waals surface area (Å²) in [6.45, 7) is 4.96. The van der Waals surface area contributed by atoms with Crippen molar-refractivity contribution in [2.45, 2.75) is 174 Å². The quantitative estimate of drug-likeness (QED) is 0.0404. The molecule has 0 unspecified atom stereocenters. The molecule has 0 spiro atoms. The van der Waals surface area contributed by atoms with Crippen LogP contribution in [-0.2, 0) is 19.1 Å². The van der Waals surface area contributed by atoms with Gasteiger partial charge >= 0.3 is 11.9 Å². The first-order valence-electron chi connectivity index (χ1n) is 19.1. The van der Waals surface area contributed by atoms with Gasteiger partial charge in [0.25, 0.3) is 0 Å². The molecular weight excluding hydrogens is 570 g/mol. The Morgan fingerprint density at radius 3 is 1.39 bits per heavy atom. The molecule has 0 fully saturated rings. The van der Waals surface area contributed by atoms with E-state index in [1.165, 1.54) is 89.9 Å². The molecule has 0 aliphatic heterocycles. The molecule has 0 radical (unpaired) electrons. The highest BCUT2D eigenvalue weighted by Gasteiger charge is 2.24. The SMILES string of the molecule is CCCCC/C=C\C/C=C\CCCCCCCCOC(=O)[C@H](COC(=O)CCCCCCC/C=C\C/C=C\CCCCC)N(C)C. The van der Waals surface area contributed by atoms with Gasteiger partial charge in [0.1, 0.15) is 12.6 Å². The summed E-state index contributed by atoms with van der Waals surface area (Å²) in [4.78, 5) is 26.6. The number of esters is 2. The topological polar surface area (TPSA) is 55.8 Å². The number of allylic oxidation sites excluding steroid dienone is 8. The molecule has 0 bridgehead atoms. The maximum Gasteiger partial charge on any atom is 0.326 e. The number of ether oxygens (including phenoxy) is 2. The van der Waals surface area contributed by atoms with E-state index in [1.807, 2.05) is 14.1 Å². The zero-order valence-electron chi connectivity index (χ0n) is 30.7. The second kappa shape index (κ2) is 35.7. The number of unbranched alkanes of at least 4 members (excludes halogenated alkanes) is 17. The van der Waals surface area contributed by atoms with Crippen molar-refractivity contribution in [2.75, 3.05) is 27.3 Å². The summed E-state index contributed by atoms with van der Waals surface area (Å²) in [6, 6.07) is -0.557. The zero-order chi connectivity index (χ0) is 33.8. The van der Waals surface area contributed by atoms with Crippen molar-refractivity contribution in [3.63, 3.8) is 0 Å². The van der Waals surface area contributed by atoms with Crippen molar-refractivity contribution >= 4 is 11.9 Å². The van der Waals surface area contributed by atoms with Gasteiger partial charge in [0.2, 0.25) is 0 Å². The van der Waals surface area contributed by atoms with Gasteiger partial charge in [0.15, 0.2) is 0 Å². The predicted molar refractivity (Wildman–Crippen MR) is 198 cm³/mol. The minimum absolute atomic E-state index is 0.0502. The summed E-state index contributed by atoms with van der Waals surface area (Å²) in [6.07, 6.45) is 45.6. The van der Waals surface area contributed by atoms with Crippen molar-refractivity contribution < 1.29 is 19.1 Å². The third kappa shape index (κ3) is 31.8. The van der Waals surface area contributed by atoms with Crippen LogP contribution in [0.3, 0.4) is 0 Å². The van der Waals surface area contributed by atoms with Crippen molar-refractivity contribution in [3.05, 3.63) is 48.6 Å². The zero-order valence-corrected chi connectivity index (χ0v) is 30.7. The standard InChI is InChI=1S/C41H73NO4/c1-5-7-9-11-13-15-17-19-21-23-25-27-29-31-33-35-37-45-41(44)39(42(3)4)38-46-40(43)36-34-32-30-28-26-24-22-20-18-16-14-12-10-8-6-2/h13-16,19-22,39H,5-12,17-18,23-38H2,1-4H3/b15-13-,16-14-,21-19-,22-20-/t39-/m0/s1. The van der Waals surface area contributed by atoms with Crippen molar-refractivity contribution in [1.82, 2.24) is 4.90 Å². The normalized spacial score (nSPS) is 12.8. The molecule has 0 heterocycles. The lowest BCUT2D eigenvalue weighted by Gasteiger charge is -2.22. The molecule has 5 heteroatoms. The van der Waals surface area contributed by atoms with Crippen LogP contribution in [-0.4, -0.2) is 50.2 Å². The summed E-state index contributed by atoms with van der Waals surface area (Å²) < 4.78 is 11.0. The monoisotopic (exact) mass is 644 g/mol. The van der Waals surface area contributed by atoms with Crippen molar-refractivity contribution in [1.29, 1.82) is 0 Å². The number of carbonyl (C=O) groups excluding carboxylic acids is 2. The molecule has 0 amide bonds. The molecule has 0 rings (SSSR count). The van der Waals surface area contributed by atoms with Crippen LogP contribution < -0.4 is 0 Å². The molecule has 1 atom stereocenters. The first kappa shape index (κ1) is 43.9. The maximum absolute atomic E-state index is 12.6. The van der Waals surface area contributed by atoms with Gasteiger partial charge in [0.05, 0.1) is 6.61 Å². The summed E-state index contributed by atoms with van der Waals surface area (Å²) in [5.74, 6) is -0.534. The van der Waals surface area contributed by atoms with Gasteiger partial charge in [-0.3, -0.25) is 14.5 Å². The molecule has 0 aromatic heterocycles. The highest BCUT2D eigenvalue weighted by Crippen LogP contribution is 2.11. The van der Waals surface area contributed by atoms with Gasteiger partial charge < -0.3 is 9.47 Å². The van der Waals surface area contributed by atoms with Gasteiger partial charge in [-0.05, 0) is 91.1 Å². The molecule has 0 N–H and O–H groups in total. The van der Waals surface area contributed by atoms with Crippen molar-refractivity contribution in [3.8, 4) is 0 Å². The summed E-state index contributed by atoms with van der Waals surface area (Å²) in [7, 11) is 3.64. The second-order valence-electron chi connectivity index (χ2n) is 12.9. The van der Waals surface area contributed by atoms with E-state index in [0.29, 0.717) is 13.0 Å². The van der Waals surface area contributed by atoms with Crippen LogP contribution in [0.25, 0.3) is 0 Å². The number of hydrogen-bond donors (Lipinski definition) is 0. The van der Waals surface area contributed by atoms with E-state index in [0.717, 1.165) is 57.8 Å². The van der Waals surface area contributed by atoms with E-state index >= 15 is 0 Å². The van der Waals surface area contributed by atoms with Gasteiger partial charge in [-0.1, -0.05) is 133 Å². The Kier molecular flexibility index (Phi) is 34.0. The average molecular weight is 644 g/mol. The molecule has 0 saturated heterocycles. The van der Waals surface area contributed by atoms with Crippen LogP contribution in [0.15, 0.2) is 48.6 Å². The molecule has 5 nitrogen and oxygen atoms in total. The fourth-order valence-corrected chi connectivity index (χ4v) is 5.11. The fraction of sp³-hybridized carbons (Fsp3) is 0.756. The Hall–Kier alpha value is -2.14. The Bertz CT molecular complexity index is 798. The highest BCUT2D eigenvalue weighted by molar-refractivity contribution is 5.76. The summed E-state index contributed by atoms with van der Waals surface area (Å²) >= 11 is 0. The number of nitrogens with zero attached hydrogens (tertiary/aromatic N) is 1. The number of rotatable bonds is 33. The van der Waals surface area contributed by atoms with E-state index in [1.54, 1.807) is 4.90 Å². The van der Waals surface area contributed by atoms with Crippen molar-refractivity contribution in [2.24, 2.45) is 0 Å². The van der Waals surface area contributed by atoms with Crippen LogP contribution in [0, 0.1) is 0 Å². The maximum atomic E-state index is 12.6. The van der Waals surface area contributed by atoms with Gasteiger partial charge in [-0.15, -0.1) is 0 Å². The first-order valence-corrected chi connectivity index (χ1v) is 19.1. The Labute approximate surface area is 285 Å². The van der Waals surface area contributed by atoms with E-state index < -0.39 is 6.04 Å². The van der Waals surface area contributed by atoms with E-state index in [4.69, 9.17) is 9.47 Å². The number of likely N-dealkylation sites (N-methyl/N-ethyl adjacent to an activating group) is 1. The number of carbonyl (C=O) groups is 2. The van der Waals surface area contributed by atoms with E-state index in [9.17, 15) is 9.59 Å². The van der Waals surface area contributed by atoms with Gasteiger partial charge in [-0.25, -0.2) is 0 Å². The summed E-state index contributed by atoms with van der Waals surface area (Å²) in [5, 5.41) is 0.